The molecule has 1 aromatic rings. The van der Waals surface area contributed by atoms with Crippen molar-refractivity contribution >= 4 is 35.0 Å². The van der Waals surface area contributed by atoms with Gasteiger partial charge in [-0.15, -0.1) is 0 Å². The van der Waals surface area contributed by atoms with Crippen molar-refractivity contribution in [3.8, 4) is 0 Å². The molecule has 0 radical (unpaired) electrons. The zero-order chi connectivity index (χ0) is 20.1. The molecular weight excluding hydrogens is 385 g/mol. The monoisotopic (exact) mass is 413 g/mol. The third-order valence-corrected chi connectivity index (χ3v) is 5.57. The number of amides is 2. The third kappa shape index (κ3) is 6.09. The van der Waals surface area contributed by atoms with Crippen LogP contribution in [0.25, 0.3) is 0 Å². The number of piperidine rings is 1. The molecule has 2 amide bonds. The molecule has 7 heteroatoms. The van der Waals surface area contributed by atoms with Crippen LogP contribution in [-0.2, 0) is 4.79 Å². The minimum absolute atomic E-state index is 0.0456. The summed E-state index contributed by atoms with van der Waals surface area (Å²) in [5.74, 6) is -0.567. The molecule has 1 fully saturated rings. The van der Waals surface area contributed by atoms with Gasteiger partial charge in [0.15, 0.2) is 0 Å². The van der Waals surface area contributed by atoms with E-state index in [-0.39, 0.29) is 28.8 Å². The van der Waals surface area contributed by atoms with Crippen molar-refractivity contribution in [2.45, 2.75) is 58.7 Å². The molecule has 0 aromatic heterocycles. The number of carbonyl (C=O) groups is 2. The lowest BCUT2D eigenvalue weighted by atomic mass is 9.99. The average molecular weight is 414 g/mol. The second-order valence-electron chi connectivity index (χ2n) is 7.73. The highest BCUT2D eigenvalue weighted by molar-refractivity contribution is 6.36. The van der Waals surface area contributed by atoms with Crippen LogP contribution in [0.1, 0.15) is 50.9 Å². The predicted molar refractivity (Wildman–Crippen MR) is 110 cm³/mol. The van der Waals surface area contributed by atoms with Crippen LogP contribution in [0.5, 0.6) is 0 Å². The van der Waals surface area contributed by atoms with Gasteiger partial charge in [-0.3, -0.25) is 9.59 Å². The van der Waals surface area contributed by atoms with Gasteiger partial charge in [0.2, 0.25) is 5.91 Å². The first-order valence-corrected chi connectivity index (χ1v) is 10.2. The normalized spacial score (nSPS) is 17.2. The van der Waals surface area contributed by atoms with Crippen LogP contribution in [0.3, 0.4) is 0 Å². The highest BCUT2D eigenvalue weighted by Crippen LogP contribution is 2.21. The Morgan fingerprint density at radius 3 is 2.26 bits per heavy atom. The lowest BCUT2D eigenvalue weighted by Gasteiger charge is -2.35. The first-order chi connectivity index (χ1) is 12.7. The Hall–Kier alpha value is -1.30. The predicted octanol–water partition coefficient (Wildman–Crippen LogP) is 3.74. The number of likely N-dealkylation sites (tertiary alicyclic amines) is 1. The maximum atomic E-state index is 12.8. The van der Waals surface area contributed by atoms with Gasteiger partial charge < -0.3 is 15.5 Å². The van der Waals surface area contributed by atoms with Crippen LogP contribution in [-0.4, -0.2) is 47.9 Å². The van der Waals surface area contributed by atoms with Gasteiger partial charge in [0, 0.05) is 30.2 Å². The van der Waals surface area contributed by atoms with Gasteiger partial charge in [0.05, 0.1) is 10.6 Å². The maximum absolute atomic E-state index is 12.8. The van der Waals surface area contributed by atoms with Crippen molar-refractivity contribution in [3.05, 3.63) is 33.8 Å². The van der Waals surface area contributed by atoms with E-state index in [1.54, 1.807) is 12.1 Å². The number of benzene rings is 1. The highest BCUT2D eigenvalue weighted by atomic mass is 35.5. The van der Waals surface area contributed by atoms with E-state index in [0.29, 0.717) is 16.6 Å². The molecule has 2 N–H and O–H groups in total. The number of rotatable bonds is 6. The molecule has 1 aromatic carbocycles. The zero-order valence-corrected chi connectivity index (χ0v) is 17.9. The van der Waals surface area contributed by atoms with Gasteiger partial charge >= 0.3 is 0 Å². The van der Waals surface area contributed by atoms with E-state index < -0.39 is 6.04 Å². The van der Waals surface area contributed by atoms with Crippen molar-refractivity contribution < 1.29 is 9.59 Å². The summed E-state index contributed by atoms with van der Waals surface area (Å²) in [5.41, 5.74) is 0.310. The second-order valence-corrected chi connectivity index (χ2v) is 8.58. The molecule has 5 nitrogen and oxygen atoms in total. The van der Waals surface area contributed by atoms with Gasteiger partial charge in [-0.2, -0.15) is 0 Å². The molecule has 27 heavy (non-hydrogen) atoms. The summed E-state index contributed by atoms with van der Waals surface area (Å²) >= 11 is 12.0. The Bertz CT molecular complexity index is 671. The van der Waals surface area contributed by atoms with Crippen LogP contribution in [0.4, 0.5) is 0 Å². The summed E-state index contributed by atoms with van der Waals surface area (Å²) in [6.45, 7) is 10.1. The number of nitrogens with one attached hydrogen (secondary N) is 2. The van der Waals surface area contributed by atoms with Crippen molar-refractivity contribution in [1.82, 2.24) is 15.5 Å². The number of hydrogen-bond acceptors (Lipinski definition) is 3. The maximum Gasteiger partial charge on any atom is 0.253 e. The summed E-state index contributed by atoms with van der Waals surface area (Å²) < 4.78 is 0. The number of carbonyl (C=O) groups excluding carboxylic acids is 2. The third-order valence-electron chi connectivity index (χ3n) is 5.02. The summed E-state index contributed by atoms with van der Waals surface area (Å²) in [6.07, 6.45) is 1.84. The Morgan fingerprint density at radius 2 is 1.74 bits per heavy atom. The van der Waals surface area contributed by atoms with Gasteiger partial charge in [0.1, 0.15) is 6.04 Å². The molecule has 1 atom stereocenters. The smallest absolute Gasteiger partial charge is 0.253 e. The van der Waals surface area contributed by atoms with Gasteiger partial charge in [-0.25, -0.2) is 0 Å². The van der Waals surface area contributed by atoms with E-state index in [0.717, 1.165) is 25.9 Å². The number of hydrogen-bond donors (Lipinski definition) is 2. The molecule has 1 aliphatic heterocycles. The quantitative estimate of drug-likeness (QED) is 0.746. The van der Waals surface area contributed by atoms with Crippen molar-refractivity contribution in [3.63, 3.8) is 0 Å². The van der Waals surface area contributed by atoms with Crippen LogP contribution < -0.4 is 10.6 Å². The van der Waals surface area contributed by atoms with Gasteiger partial charge in [0.25, 0.3) is 5.91 Å². The van der Waals surface area contributed by atoms with Crippen molar-refractivity contribution in [1.29, 1.82) is 0 Å². The molecular formula is C20H29Cl2N3O2. The molecule has 150 valence electrons. The van der Waals surface area contributed by atoms with Crippen LogP contribution in [0.15, 0.2) is 18.2 Å². The fraction of sp³-hybridized carbons (Fsp3) is 0.600. The molecule has 1 heterocycles. The summed E-state index contributed by atoms with van der Waals surface area (Å²) in [4.78, 5) is 27.8. The molecule has 2 rings (SSSR count). The molecule has 1 saturated heterocycles. The van der Waals surface area contributed by atoms with E-state index in [1.807, 2.05) is 13.8 Å². The fourth-order valence-corrected chi connectivity index (χ4v) is 3.77. The Balaban J connectivity index is 1.98. The summed E-state index contributed by atoms with van der Waals surface area (Å²) in [5, 5.41) is 6.65. The largest absolute Gasteiger partial charge is 0.351 e. The first-order valence-electron chi connectivity index (χ1n) is 9.49. The van der Waals surface area contributed by atoms with E-state index in [4.69, 9.17) is 23.2 Å². The average Bonchev–Trinajstić information content (AvgIpc) is 2.59. The Morgan fingerprint density at radius 1 is 1.11 bits per heavy atom. The van der Waals surface area contributed by atoms with Crippen molar-refractivity contribution in [2.24, 2.45) is 5.92 Å². The minimum Gasteiger partial charge on any atom is -0.351 e. The topological polar surface area (TPSA) is 61.4 Å². The zero-order valence-electron chi connectivity index (χ0n) is 16.4. The van der Waals surface area contributed by atoms with Crippen LogP contribution in [0.2, 0.25) is 10.0 Å². The molecule has 0 spiro atoms. The van der Waals surface area contributed by atoms with E-state index in [2.05, 4.69) is 29.4 Å². The van der Waals surface area contributed by atoms with Gasteiger partial charge in [-0.1, -0.05) is 37.0 Å². The van der Waals surface area contributed by atoms with Gasteiger partial charge in [-0.05, 0) is 50.8 Å². The SMILES string of the molecule is CC(C)C(NC(=O)c1ccc(Cl)cc1Cl)C(=O)NC1CCN(C(C)C)CC1. The molecule has 1 unspecified atom stereocenters. The molecule has 0 saturated carbocycles. The Labute approximate surface area is 171 Å². The van der Waals surface area contributed by atoms with E-state index in [1.165, 1.54) is 6.07 Å². The second kappa shape index (κ2) is 9.76. The lowest BCUT2D eigenvalue weighted by Crippen LogP contribution is -2.54. The van der Waals surface area contributed by atoms with Crippen molar-refractivity contribution in [2.75, 3.05) is 13.1 Å². The van der Waals surface area contributed by atoms with E-state index in [9.17, 15) is 9.59 Å². The molecule has 1 aliphatic rings. The van der Waals surface area contributed by atoms with Crippen LogP contribution in [0, 0.1) is 5.92 Å². The number of nitrogens with zero attached hydrogens (tertiary/aromatic N) is 1. The first kappa shape index (κ1) is 22.0. The number of halogens is 2. The highest BCUT2D eigenvalue weighted by Gasteiger charge is 2.29. The lowest BCUT2D eigenvalue weighted by molar-refractivity contribution is -0.125. The van der Waals surface area contributed by atoms with E-state index >= 15 is 0 Å². The Kier molecular flexibility index (Phi) is 7.95. The molecule has 0 aliphatic carbocycles. The summed E-state index contributed by atoms with van der Waals surface area (Å²) in [7, 11) is 0. The minimum atomic E-state index is -0.618. The molecule has 0 bridgehead atoms. The summed E-state index contributed by atoms with van der Waals surface area (Å²) in [6, 6.07) is 4.74. The van der Waals surface area contributed by atoms with Crippen LogP contribution >= 0.6 is 23.2 Å². The standard InChI is InChI=1S/C20H29Cl2N3O2/c1-12(2)18(24-19(26)16-6-5-14(21)11-17(16)22)20(27)23-15-7-9-25(10-8-15)13(3)4/h5-6,11-13,15,18H,7-10H2,1-4H3,(H,23,27)(H,24,26). The fourth-order valence-electron chi connectivity index (χ4n) is 3.28.